The summed E-state index contributed by atoms with van der Waals surface area (Å²) in [7, 11) is 0. The van der Waals surface area contributed by atoms with E-state index in [9.17, 15) is 9.90 Å². The molecule has 4 nitrogen and oxygen atoms in total. The zero-order valence-electron chi connectivity index (χ0n) is 14.6. The maximum Gasteiger partial charge on any atom is 0.345 e. The van der Waals surface area contributed by atoms with Crippen LogP contribution in [0.2, 0.25) is 5.02 Å². The number of nitrogens with one attached hydrogen (secondary N) is 1. The molecule has 0 saturated heterocycles. The number of carboxylic acid groups (broad SMARTS) is 1. The van der Waals surface area contributed by atoms with Crippen LogP contribution in [0.4, 0.5) is 0 Å². The van der Waals surface area contributed by atoms with Crippen LogP contribution in [-0.2, 0) is 6.42 Å². The molecular weight excluding hydrogens is 382 g/mol. The van der Waals surface area contributed by atoms with Crippen molar-refractivity contribution >= 4 is 28.9 Å². The molecule has 0 bridgehead atoms. The van der Waals surface area contributed by atoms with Crippen molar-refractivity contribution < 1.29 is 15.0 Å². The van der Waals surface area contributed by atoms with Crippen LogP contribution in [0, 0.1) is 0 Å². The SMILES string of the molecule is O=C(O)c1ccc(-c2ccc(CCNC[C@@H](O)c3cccc(Cl)c3)cc2)s1. The molecule has 0 aliphatic heterocycles. The van der Waals surface area contributed by atoms with Gasteiger partial charge in [0, 0.05) is 16.4 Å². The number of hydrogen-bond donors (Lipinski definition) is 3. The molecule has 6 heteroatoms. The topological polar surface area (TPSA) is 69.6 Å². The van der Waals surface area contributed by atoms with Crippen molar-refractivity contribution in [1.29, 1.82) is 0 Å². The second kappa shape index (κ2) is 9.15. The van der Waals surface area contributed by atoms with E-state index in [2.05, 4.69) is 5.32 Å². The van der Waals surface area contributed by atoms with E-state index in [1.165, 1.54) is 16.9 Å². The van der Waals surface area contributed by atoms with E-state index >= 15 is 0 Å². The van der Waals surface area contributed by atoms with Gasteiger partial charge in [0.15, 0.2) is 0 Å². The molecule has 2 aromatic carbocycles. The maximum atomic E-state index is 11.0. The van der Waals surface area contributed by atoms with Gasteiger partial charge >= 0.3 is 5.97 Å². The van der Waals surface area contributed by atoms with Crippen molar-refractivity contribution in [3.63, 3.8) is 0 Å². The Balaban J connectivity index is 1.48. The van der Waals surface area contributed by atoms with Crippen molar-refractivity contribution in [2.45, 2.75) is 12.5 Å². The first-order valence-corrected chi connectivity index (χ1v) is 9.79. The van der Waals surface area contributed by atoms with Crippen LogP contribution >= 0.6 is 22.9 Å². The smallest absolute Gasteiger partial charge is 0.345 e. The molecule has 0 amide bonds. The quantitative estimate of drug-likeness (QED) is 0.481. The first-order valence-electron chi connectivity index (χ1n) is 8.59. The summed E-state index contributed by atoms with van der Waals surface area (Å²) in [6.45, 7) is 1.21. The number of rotatable bonds is 8. The molecule has 1 heterocycles. The molecule has 3 N–H and O–H groups in total. The molecule has 0 aliphatic rings. The summed E-state index contributed by atoms with van der Waals surface area (Å²) in [5.41, 5.74) is 3.00. The molecule has 1 atom stereocenters. The maximum absolute atomic E-state index is 11.0. The minimum atomic E-state index is -0.895. The molecule has 0 spiro atoms. The minimum Gasteiger partial charge on any atom is -0.477 e. The Morgan fingerprint density at radius 1 is 1.11 bits per heavy atom. The van der Waals surface area contributed by atoms with Crippen LogP contribution < -0.4 is 5.32 Å². The molecule has 0 radical (unpaired) electrons. The van der Waals surface area contributed by atoms with Gasteiger partial charge in [-0.2, -0.15) is 0 Å². The van der Waals surface area contributed by atoms with Crippen molar-refractivity contribution in [2.24, 2.45) is 0 Å². The lowest BCUT2D eigenvalue weighted by Crippen LogP contribution is -2.23. The third kappa shape index (κ3) is 5.40. The van der Waals surface area contributed by atoms with E-state index in [0.717, 1.165) is 29.0 Å². The summed E-state index contributed by atoms with van der Waals surface area (Å²) in [4.78, 5) is 12.3. The molecule has 0 saturated carbocycles. The first kappa shape index (κ1) is 19.6. The summed E-state index contributed by atoms with van der Waals surface area (Å²) >= 11 is 7.22. The Labute approximate surface area is 167 Å². The molecule has 27 heavy (non-hydrogen) atoms. The summed E-state index contributed by atoms with van der Waals surface area (Å²) < 4.78 is 0. The lowest BCUT2D eigenvalue weighted by Gasteiger charge is -2.12. The lowest BCUT2D eigenvalue weighted by atomic mass is 10.1. The monoisotopic (exact) mass is 401 g/mol. The average molecular weight is 402 g/mol. The number of thiophene rings is 1. The van der Waals surface area contributed by atoms with Crippen LogP contribution in [0.25, 0.3) is 10.4 Å². The number of halogens is 1. The van der Waals surface area contributed by atoms with Gasteiger partial charge in [-0.15, -0.1) is 11.3 Å². The second-order valence-electron chi connectivity index (χ2n) is 6.19. The van der Waals surface area contributed by atoms with Crippen molar-refractivity contribution in [1.82, 2.24) is 5.32 Å². The summed E-state index contributed by atoms with van der Waals surface area (Å²) in [6.07, 6.45) is 0.251. The third-order valence-electron chi connectivity index (χ3n) is 4.22. The molecule has 1 aromatic heterocycles. The van der Waals surface area contributed by atoms with E-state index in [-0.39, 0.29) is 0 Å². The van der Waals surface area contributed by atoms with Gasteiger partial charge in [-0.25, -0.2) is 4.79 Å². The van der Waals surface area contributed by atoms with E-state index < -0.39 is 12.1 Å². The summed E-state index contributed by atoms with van der Waals surface area (Å²) in [5.74, 6) is -0.895. The van der Waals surface area contributed by atoms with Crippen LogP contribution in [-0.4, -0.2) is 29.3 Å². The summed E-state index contributed by atoms with van der Waals surface area (Å²) in [6, 6.07) is 18.8. The second-order valence-corrected chi connectivity index (χ2v) is 7.71. The number of benzene rings is 2. The highest BCUT2D eigenvalue weighted by Gasteiger charge is 2.09. The van der Waals surface area contributed by atoms with Crippen LogP contribution in [0.3, 0.4) is 0 Å². The third-order valence-corrected chi connectivity index (χ3v) is 5.57. The van der Waals surface area contributed by atoms with E-state index in [0.29, 0.717) is 16.4 Å². The number of aliphatic hydroxyl groups is 1. The lowest BCUT2D eigenvalue weighted by molar-refractivity contribution is 0.0702. The number of carboxylic acids is 1. The molecule has 140 valence electrons. The highest BCUT2D eigenvalue weighted by atomic mass is 35.5. The minimum absolute atomic E-state index is 0.344. The molecule has 0 unspecified atom stereocenters. The van der Waals surface area contributed by atoms with Crippen molar-refractivity contribution in [3.8, 4) is 10.4 Å². The number of carbonyl (C=O) groups is 1. The van der Waals surface area contributed by atoms with Gasteiger partial charge in [0.1, 0.15) is 4.88 Å². The largest absolute Gasteiger partial charge is 0.477 e. The van der Waals surface area contributed by atoms with Gasteiger partial charge in [-0.05, 0) is 53.9 Å². The number of hydrogen-bond acceptors (Lipinski definition) is 4. The van der Waals surface area contributed by atoms with Crippen molar-refractivity contribution in [3.05, 3.63) is 81.7 Å². The van der Waals surface area contributed by atoms with Gasteiger partial charge in [0.2, 0.25) is 0 Å². The van der Waals surface area contributed by atoms with E-state index in [4.69, 9.17) is 16.7 Å². The highest BCUT2D eigenvalue weighted by molar-refractivity contribution is 7.17. The van der Waals surface area contributed by atoms with Gasteiger partial charge in [0.05, 0.1) is 6.10 Å². The Hall–Kier alpha value is -2.18. The fourth-order valence-electron chi connectivity index (χ4n) is 2.75. The first-order chi connectivity index (χ1) is 13.0. The Kier molecular flexibility index (Phi) is 6.63. The Bertz CT molecular complexity index is 908. The highest BCUT2D eigenvalue weighted by Crippen LogP contribution is 2.28. The molecule has 0 aliphatic carbocycles. The molecule has 0 fully saturated rings. The molecular formula is C21H20ClNO3S. The molecule has 3 aromatic rings. The van der Waals surface area contributed by atoms with Gasteiger partial charge in [-0.1, -0.05) is 48.0 Å². The standard InChI is InChI=1S/C21H20ClNO3S/c22-17-3-1-2-16(12-17)18(24)13-23-11-10-14-4-6-15(7-5-14)19-8-9-20(27-19)21(25)26/h1-9,12,18,23-24H,10-11,13H2,(H,25,26)/t18-/m1/s1. The normalized spacial score (nSPS) is 12.1. The predicted molar refractivity (Wildman–Crippen MR) is 110 cm³/mol. The fraction of sp³-hybridized carbons (Fsp3) is 0.190. The Morgan fingerprint density at radius 3 is 2.56 bits per heavy atom. The molecule has 3 rings (SSSR count). The Morgan fingerprint density at radius 2 is 1.89 bits per heavy atom. The van der Waals surface area contributed by atoms with Crippen molar-refractivity contribution in [2.75, 3.05) is 13.1 Å². The van der Waals surface area contributed by atoms with E-state index in [1.54, 1.807) is 18.2 Å². The van der Waals surface area contributed by atoms with E-state index in [1.807, 2.05) is 42.5 Å². The van der Waals surface area contributed by atoms with Crippen LogP contribution in [0.1, 0.15) is 26.9 Å². The fourth-order valence-corrected chi connectivity index (χ4v) is 3.80. The number of aliphatic hydroxyl groups excluding tert-OH is 1. The average Bonchev–Trinajstić information content (AvgIpc) is 3.16. The van der Waals surface area contributed by atoms with Crippen LogP contribution in [0.5, 0.6) is 0 Å². The zero-order valence-corrected chi connectivity index (χ0v) is 16.1. The van der Waals surface area contributed by atoms with Crippen LogP contribution in [0.15, 0.2) is 60.7 Å². The predicted octanol–water partition coefficient (Wildman–Crippen LogP) is 4.63. The van der Waals surface area contributed by atoms with Gasteiger partial charge < -0.3 is 15.5 Å². The van der Waals surface area contributed by atoms with Gasteiger partial charge in [-0.3, -0.25) is 0 Å². The summed E-state index contributed by atoms with van der Waals surface area (Å²) in [5, 5.41) is 23.1. The van der Waals surface area contributed by atoms with Gasteiger partial charge in [0.25, 0.3) is 0 Å². The zero-order chi connectivity index (χ0) is 19.2. The number of aromatic carboxylic acids is 1.